The number of amides is 1. The number of hydrogen-bond donors (Lipinski definition) is 0. The van der Waals surface area contributed by atoms with Crippen LogP contribution >= 0.6 is 0 Å². The number of para-hydroxylation sites is 2. The van der Waals surface area contributed by atoms with Gasteiger partial charge in [0.25, 0.3) is 5.91 Å². The number of ether oxygens (including phenoxy) is 2. The van der Waals surface area contributed by atoms with Gasteiger partial charge in [-0.15, -0.1) is 0 Å². The fraction of sp³-hybridized carbons (Fsp3) is 0.278. The van der Waals surface area contributed by atoms with Crippen molar-refractivity contribution in [1.82, 2.24) is 0 Å². The lowest BCUT2D eigenvalue weighted by molar-refractivity contribution is 0.0836. The molecule has 0 saturated carbocycles. The molecule has 0 N–H and O–H groups in total. The number of benzene rings is 2. The molecule has 2 aromatic rings. The quantitative estimate of drug-likeness (QED) is 0.851. The molecule has 1 amide bonds. The van der Waals surface area contributed by atoms with Crippen LogP contribution in [0.15, 0.2) is 48.5 Å². The van der Waals surface area contributed by atoms with Crippen LogP contribution in [-0.2, 0) is 0 Å². The van der Waals surface area contributed by atoms with Crippen LogP contribution < -0.4 is 14.4 Å². The zero-order valence-electron chi connectivity index (χ0n) is 13.0. The zero-order chi connectivity index (χ0) is 15.7. The van der Waals surface area contributed by atoms with E-state index in [1.54, 1.807) is 24.1 Å². The minimum Gasteiger partial charge on any atom is -0.497 e. The van der Waals surface area contributed by atoms with Crippen LogP contribution in [-0.4, -0.2) is 25.2 Å². The van der Waals surface area contributed by atoms with Gasteiger partial charge in [-0.2, -0.15) is 0 Å². The van der Waals surface area contributed by atoms with E-state index in [2.05, 4.69) is 0 Å². The van der Waals surface area contributed by atoms with Crippen LogP contribution in [0.2, 0.25) is 0 Å². The fourth-order valence-corrected chi connectivity index (χ4v) is 2.66. The molecule has 0 atom stereocenters. The number of fused-ring (bicyclic) bond motifs is 1. The second-order valence-corrected chi connectivity index (χ2v) is 5.95. The Morgan fingerprint density at radius 3 is 2.73 bits per heavy atom. The molecule has 4 nitrogen and oxygen atoms in total. The molecule has 2 aromatic carbocycles. The van der Waals surface area contributed by atoms with Crippen molar-refractivity contribution in [3.05, 3.63) is 54.1 Å². The fourth-order valence-electron chi connectivity index (χ4n) is 2.66. The van der Waals surface area contributed by atoms with Crippen LogP contribution in [0.1, 0.15) is 24.2 Å². The molecule has 22 heavy (non-hydrogen) atoms. The van der Waals surface area contributed by atoms with Crippen molar-refractivity contribution in [3.63, 3.8) is 0 Å². The maximum absolute atomic E-state index is 12.9. The number of carbonyl (C=O) groups excluding carboxylic acids is 1. The first-order chi connectivity index (χ1) is 10.5. The molecule has 114 valence electrons. The summed E-state index contributed by atoms with van der Waals surface area (Å²) in [5.74, 6) is 1.35. The van der Waals surface area contributed by atoms with Crippen molar-refractivity contribution in [3.8, 4) is 11.5 Å². The van der Waals surface area contributed by atoms with Gasteiger partial charge in [-0.25, -0.2) is 0 Å². The summed E-state index contributed by atoms with van der Waals surface area (Å²) in [5, 5.41) is 0. The molecule has 0 bridgehead atoms. The molecule has 0 aliphatic carbocycles. The van der Waals surface area contributed by atoms with E-state index < -0.39 is 5.60 Å². The van der Waals surface area contributed by atoms with Crippen LogP contribution in [0.5, 0.6) is 11.5 Å². The third-order valence-electron chi connectivity index (χ3n) is 3.64. The van der Waals surface area contributed by atoms with E-state index in [0.29, 0.717) is 17.9 Å². The highest BCUT2D eigenvalue weighted by atomic mass is 16.5. The van der Waals surface area contributed by atoms with Gasteiger partial charge in [0.05, 0.1) is 19.3 Å². The zero-order valence-corrected chi connectivity index (χ0v) is 13.0. The van der Waals surface area contributed by atoms with Gasteiger partial charge in [0.1, 0.15) is 17.1 Å². The molecular formula is C18H19NO3. The van der Waals surface area contributed by atoms with Crippen LogP contribution in [0.4, 0.5) is 5.69 Å². The van der Waals surface area contributed by atoms with E-state index in [1.807, 2.05) is 50.2 Å². The first-order valence-electron chi connectivity index (χ1n) is 7.24. The van der Waals surface area contributed by atoms with E-state index in [0.717, 1.165) is 11.4 Å². The van der Waals surface area contributed by atoms with Gasteiger partial charge in [-0.1, -0.05) is 18.2 Å². The summed E-state index contributed by atoms with van der Waals surface area (Å²) in [6.07, 6.45) is 0. The summed E-state index contributed by atoms with van der Waals surface area (Å²) < 4.78 is 11.2. The second-order valence-electron chi connectivity index (χ2n) is 5.95. The summed E-state index contributed by atoms with van der Waals surface area (Å²) in [6.45, 7) is 4.46. The summed E-state index contributed by atoms with van der Waals surface area (Å²) >= 11 is 0. The number of nitrogens with zero attached hydrogens (tertiary/aromatic N) is 1. The van der Waals surface area contributed by atoms with Crippen molar-refractivity contribution in [2.45, 2.75) is 19.4 Å². The number of anilines is 1. The minimum atomic E-state index is -0.428. The number of hydrogen-bond acceptors (Lipinski definition) is 3. The van der Waals surface area contributed by atoms with Crippen molar-refractivity contribution in [2.24, 2.45) is 0 Å². The lowest BCUT2D eigenvalue weighted by atomic mass is 10.0. The molecule has 1 aliphatic heterocycles. The Labute approximate surface area is 130 Å². The van der Waals surface area contributed by atoms with Crippen molar-refractivity contribution < 1.29 is 14.3 Å². The molecule has 0 spiro atoms. The molecule has 1 heterocycles. The Morgan fingerprint density at radius 1 is 1.18 bits per heavy atom. The van der Waals surface area contributed by atoms with Crippen LogP contribution in [0.25, 0.3) is 0 Å². The summed E-state index contributed by atoms with van der Waals surface area (Å²) in [6, 6.07) is 14.8. The average molecular weight is 297 g/mol. The number of carbonyl (C=O) groups is 1. The van der Waals surface area contributed by atoms with E-state index in [1.165, 1.54) is 0 Å². The van der Waals surface area contributed by atoms with Crippen molar-refractivity contribution in [1.29, 1.82) is 0 Å². The van der Waals surface area contributed by atoms with Gasteiger partial charge in [0.15, 0.2) is 0 Å². The van der Waals surface area contributed by atoms with Gasteiger partial charge >= 0.3 is 0 Å². The van der Waals surface area contributed by atoms with Gasteiger partial charge in [-0.3, -0.25) is 4.79 Å². The number of rotatable bonds is 2. The van der Waals surface area contributed by atoms with E-state index in [9.17, 15) is 4.79 Å². The molecule has 1 aliphatic rings. The van der Waals surface area contributed by atoms with E-state index >= 15 is 0 Å². The highest BCUT2D eigenvalue weighted by Gasteiger charge is 2.35. The monoisotopic (exact) mass is 297 g/mol. The maximum Gasteiger partial charge on any atom is 0.258 e. The van der Waals surface area contributed by atoms with Crippen molar-refractivity contribution in [2.75, 3.05) is 18.6 Å². The maximum atomic E-state index is 12.9. The molecule has 0 unspecified atom stereocenters. The minimum absolute atomic E-state index is 0.0530. The van der Waals surface area contributed by atoms with Gasteiger partial charge in [0.2, 0.25) is 0 Å². The van der Waals surface area contributed by atoms with Crippen molar-refractivity contribution >= 4 is 11.6 Å². The molecule has 0 saturated heterocycles. The Morgan fingerprint density at radius 2 is 1.95 bits per heavy atom. The predicted molar refractivity (Wildman–Crippen MR) is 85.8 cm³/mol. The molecule has 0 aromatic heterocycles. The third kappa shape index (κ3) is 2.64. The Kier molecular flexibility index (Phi) is 3.53. The predicted octanol–water partition coefficient (Wildman–Crippen LogP) is 3.51. The topological polar surface area (TPSA) is 38.8 Å². The lowest BCUT2D eigenvalue weighted by Crippen LogP contribution is -2.49. The summed E-state index contributed by atoms with van der Waals surface area (Å²) in [7, 11) is 1.59. The van der Waals surface area contributed by atoms with Gasteiger partial charge in [0, 0.05) is 5.56 Å². The molecule has 0 radical (unpaired) electrons. The highest BCUT2D eigenvalue weighted by molar-refractivity contribution is 6.07. The van der Waals surface area contributed by atoms with Crippen LogP contribution in [0.3, 0.4) is 0 Å². The molecule has 0 fully saturated rings. The Balaban J connectivity index is 2.01. The largest absolute Gasteiger partial charge is 0.497 e. The highest BCUT2D eigenvalue weighted by Crippen LogP contribution is 2.37. The number of methoxy groups -OCH3 is 1. The lowest BCUT2D eigenvalue weighted by Gasteiger charge is -2.39. The van der Waals surface area contributed by atoms with E-state index in [4.69, 9.17) is 9.47 Å². The molecule has 3 rings (SSSR count). The summed E-state index contributed by atoms with van der Waals surface area (Å²) in [4.78, 5) is 14.7. The normalized spacial score (nSPS) is 15.7. The molecular weight excluding hydrogens is 278 g/mol. The van der Waals surface area contributed by atoms with Gasteiger partial charge < -0.3 is 14.4 Å². The SMILES string of the molecule is COc1cccc(C(=O)N2CC(C)(C)Oc3ccccc32)c1. The first-order valence-corrected chi connectivity index (χ1v) is 7.24. The second kappa shape index (κ2) is 5.37. The summed E-state index contributed by atoms with van der Waals surface area (Å²) in [5.41, 5.74) is 0.976. The average Bonchev–Trinajstić information content (AvgIpc) is 2.52. The third-order valence-corrected chi connectivity index (χ3v) is 3.64. The first kappa shape index (κ1) is 14.4. The smallest absolute Gasteiger partial charge is 0.258 e. The van der Waals surface area contributed by atoms with Gasteiger partial charge in [-0.05, 0) is 44.2 Å². The van der Waals surface area contributed by atoms with E-state index in [-0.39, 0.29) is 5.91 Å². The molecule has 4 heteroatoms. The Bertz CT molecular complexity index is 709. The standard InChI is InChI=1S/C18H19NO3/c1-18(2)12-19(15-9-4-5-10-16(15)22-18)17(20)13-7-6-8-14(11-13)21-3/h4-11H,12H2,1-3H3. The van der Waals surface area contributed by atoms with Crippen LogP contribution in [0, 0.1) is 0 Å². The Hall–Kier alpha value is -2.49.